The first-order valence-electron chi connectivity index (χ1n) is 18.5. The van der Waals surface area contributed by atoms with Crippen LogP contribution in [0.3, 0.4) is 0 Å². The highest BCUT2D eigenvalue weighted by atomic mass is 15.1. The van der Waals surface area contributed by atoms with Crippen molar-refractivity contribution in [2.45, 2.75) is 0 Å². The van der Waals surface area contributed by atoms with Crippen LogP contribution in [0.15, 0.2) is 218 Å². The van der Waals surface area contributed by atoms with Crippen LogP contribution in [0, 0.1) is 0 Å². The van der Waals surface area contributed by atoms with Crippen LogP contribution < -0.4 is 4.90 Å². The fourth-order valence-electron chi connectivity index (χ4n) is 8.11. The normalized spacial score (nSPS) is 11.3. The van der Waals surface area contributed by atoms with Gasteiger partial charge in [-0.3, -0.25) is 0 Å². The maximum absolute atomic E-state index is 2.47. The fraction of sp³-hybridized carbons (Fsp3) is 0. The van der Waals surface area contributed by atoms with E-state index in [0.717, 1.165) is 39.4 Å². The lowest BCUT2D eigenvalue weighted by Crippen LogP contribution is -2.12. The lowest BCUT2D eigenvalue weighted by molar-refractivity contribution is 1.18. The Morgan fingerprint density at radius 3 is 1.69 bits per heavy atom. The zero-order valence-corrected chi connectivity index (χ0v) is 29.7. The molecule has 0 aliphatic heterocycles. The largest absolute Gasteiger partial charge is 0.309 e. The summed E-state index contributed by atoms with van der Waals surface area (Å²) >= 11 is 0. The lowest BCUT2D eigenvalue weighted by atomic mass is 9.92. The van der Waals surface area contributed by atoms with Gasteiger partial charge in [0.05, 0.1) is 22.4 Å². The summed E-state index contributed by atoms with van der Waals surface area (Å²) in [6.07, 6.45) is 0. The summed E-state index contributed by atoms with van der Waals surface area (Å²) in [6, 6.07) is 79.0. The molecule has 0 atom stereocenters. The molecule has 0 fully saturated rings. The molecule has 0 N–H and O–H groups in total. The van der Waals surface area contributed by atoms with E-state index in [-0.39, 0.29) is 0 Å². The molecule has 0 bridgehead atoms. The smallest absolute Gasteiger partial charge is 0.0561 e. The maximum atomic E-state index is 2.47. The van der Waals surface area contributed by atoms with Crippen LogP contribution in [0.5, 0.6) is 0 Å². The number of anilines is 3. The first-order valence-corrected chi connectivity index (χ1v) is 18.5. The number of aromatic nitrogens is 1. The second-order valence-electron chi connectivity index (χ2n) is 13.7. The topological polar surface area (TPSA) is 8.17 Å². The minimum Gasteiger partial charge on any atom is -0.309 e. The Bertz CT molecular complexity index is 2940. The molecule has 0 aliphatic carbocycles. The SMILES string of the molecule is c1ccc(-c2ccccc2-c2ccccc2N(c2ccc3c4ccccc4n(-c4ccccc4)c3c2)c2ccccc2-c2ccc3ccccc3c2)cc1. The molecule has 10 rings (SSSR count). The summed E-state index contributed by atoms with van der Waals surface area (Å²) < 4.78 is 2.40. The highest BCUT2D eigenvalue weighted by Crippen LogP contribution is 2.47. The van der Waals surface area contributed by atoms with Gasteiger partial charge >= 0.3 is 0 Å². The Balaban J connectivity index is 1.26. The van der Waals surface area contributed by atoms with Crippen LogP contribution >= 0.6 is 0 Å². The molecule has 0 radical (unpaired) electrons. The van der Waals surface area contributed by atoms with Crippen LogP contribution in [-0.4, -0.2) is 4.57 Å². The van der Waals surface area contributed by atoms with Crippen molar-refractivity contribution in [3.8, 4) is 39.1 Å². The molecule has 0 spiro atoms. The zero-order valence-electron chi connectivity index (χ0n) is 29.7. The highest BCUT2D eigenvalue weighted by Gasteiger charge is 2.23. The number of rotatable bonds is 7. The third-order valence-electron chi connectivity index (χ3n) is 10.6. The third kappa shape index (κ3) is 5.44. The molecular formula is C52H36N2. The molecule has 9 aromatic carbocycles. The molecule has 54 heavy (non-hydrogen) atoms. The van der Waals surface area contributed by atoms with Crippen molar-refractivity contribution in [2.75, 3.05) is 4.90 Å². The van der Waals surface area contributed by atoms with Gasteiger partial charge in [0.15, 0.2) is 0 Å². The predicted molar refractivity (Wildman–Crippen MR) is 229 cm³/mol. The molecular weight excluding hydrogens is 653 g/mol. The lowest BCUT2D eigenvalue weighted by Gasteiger charge is -2.30. The third-order valence-corrected chi connectivity index (χ3v) is 10.6. The molecule has 1 aromatic heterocycles. The van der Waals surface area contributed by atoms with Gasteiger partial charge in [0.1, 0.15) is 0 Å². The number of nitrogens with zero attached hydrogens (tertiary/aromatic N) is 2. The van der Waals surface area contributed by atoms with Crippen LogP contribution in [0.25, 0.3) is 71.6 Å². The molecule has 2 nitrogen and oxygen atoms in total. The van der Waals surface area contributed by atoms with Crippen LogP contribution in [0.2, 0.25) is 0 Å². The average Bonchev–Trinajstić information content (AvgIpc) is 3.58. The number of para-hydroxylation sites is 4. The molecule has 1 heterocycles. The average molecular weight is 689 g/mol. The van der Waals surface area contributed by atoms with E-state index in [1.54, 1.807) is 0 Å². The standard InChI is InChI=1S/C52H36N2/c1-3-18-38(19-4-1)43-23-9-10-25-45(43)46-26-12-15-29-50(46)54(49-28-14-11-24-44(49)40-32-31-37-17-7-8-20-39(37)35-40)42-33-34-48-47-27-13-16-30-51(47)53(52(48)36-42)41-21-5-2-6-22-41/h1-36H. The van der Waals surface area contributed by atoms with Gasteiger partial charge in [-0.2, -0.15) is 0 Å². The molecule has 0 amide bonds. The van der Waals surface area contributed by atoms with E-state index in [1.807, 2.05) is 0 Å². The highest BCUT2D eigenvalue weighted by molar-refractivity contribution is 6.11. The zero-order chi connectivity index (χ0) is 35.8. The number of benzene rings is 9. The number of hydrogen-bond acceptors (Lipinski definition) is 1. The summed E-state index contributed by atoms with van der Waals surface area (Å²) in [7, 11) is 0. The van der Waals surface area contributed by atoms with Crippen LogP contribution in [0.4, 0.5) is 17.1 Å². The summed E-state index contributed by atoms with van der Waals surface area (Å²) in [4.78, 5) is 2.47. The Morgan fingerprint density at radius 1 is 0.315 bits per heavy atom. The molecule has 0 saturated heterocycles. The predicted octanol–water partition coefficient (Wildman–Crippen LogP) is 14.4. The van der Waals surface area contributed by atoms with Gasteiger partial charge in [0.25, 0.3) is 0 Å². The van der Waals surface area contributed by atoms with Crippen molar-refractivity contribution in [3.63, 3.8) is 0 Å². The van der Waals surface area contributed by atoms with Gasteiger partial charge < -0.3 is 9.47 Å². The summed E-state index contributed by atoms with van der Waals surface area (Å²) in [5, 5.41) is 4.92. The van der Waals surface area contributed by atoms with Crippen molar-refractivity contribution in [1.29, 1.82) is 0 Å². The van der Waals surface area contributed by atoms with Gasteiger partial charge in [0.2, 0.25) is 0 Å². The Morgan fingerprint density at radius 2 is 0.889 bits per heavy atom. The second-order valence-corrected chi connectivity index (χ2v) is 13.7. The van der Waals surface area contributed by atoms with Crippen LogP contribution in [0.1, 0.15) is 0 Å². The Kier molecular flexibility index (Phi) is 7.85. The van der Waals surface area contributed by atoms with E-state index in [2.05, 4.69) is 228 Å². The van der Waals surface area contributed by atoms with E-state index in [0.29, 0.717) is 0 Å². The van der Waals surface area contributed by atoms with E-state index >= 15 is 0 Å². The molecule has 254 valence electrons. The van der Waals surface area contributed by atoms with Gasteiger partial charge in [-0.1, -0.05) is 170 Å². The van der Waals surface area contributed by atoms with Crippen molar-refractivity contribution in [1.82, 2.24) is 4.57 Å². The number of hydrogen-bond donors (Lipinski definition) is 0. The van der Waals surface area contributed by atoms with E-state index in [4.69, 9.17) is 0 Å². The first-order chi connectivity index (χ1) is 26.8. The summed E-state index contributed by atoms with van der Waals surface area (Å²) in [5.41, 5.74) is 13.9. The van der Waals surface area contributed by atoms with Crippen molar-refractivity contribution < 1.29 is 0 Å². The quantitative estimate of drug-likeness (QED) is 0.162. The van der Waals surface area contributed by atoms with Crippen molar-refractivity contribution >= 4 is 49.6 Å². The fourth-order valence-corrected chi connectivity index (χ4v) is 8.11. The van der Waals surface area contributed by atoms with E-state index in [1.165, 1.54) is 49.3 Å². The summed E-state index contributed by atoms with van der Waals surface area (Å²) in [6.45, 7) is 0. The molecule has 2 heteroatoms. The minimum absolute atomic E-state index is 1.08. The second kappa shape index (κ2) is 13.4. The first kappa shape index (κ1) is 31.6. The summed E-state index contributed by atoms with van der Waals surface area (Å²) in [5.74, 6) is 0. The van der Waals surface area contributed by atoms with Crippen molar-refractivity contribution in [3.05, 3.63) is 218 Å². The molecule has 0 aliphatic rings. The van der Waals surface area contributed by atoms with Gasteiger partial charge in [-0.05, 0) is 81.6 Å². The van der Waals surface area contributed by atoms with Gasteiger partial charge in [-0.15, -0.1) is 0 Å². The van der Waals surface area contributed by atoms with E-state index < -0.39 is 0 Å². The molecule has 0 saturated carbocycles. The molecule has 10 aromatic rings. The van der Waals surface area contributed by atoms with Crippen LogP contribution in [-0.2, 0) is 0 Å². The molecule has 0 unspecified atom stereocenters. The minimum atomic E-state index is 1.08. The Hall–Kier alpha value is -7.16. The van der Waals surface area contributed by atoms with Gasteiger partial charge in [0, 0.05) is 33.3 Å². The maximum Gasteiger partial charge on any atom is 0.0561 e. The van der Waals surface area contributed by atoms with E-state index in [9.17, 15) is 0 Å². The number of fused-ring (bicyclic) bond motifs is 4. The van der Waals surface area contributed by atoms with Crippen molar-refractivity contribution in [2.24, 2.45) is 0 Å². The monoisotopic (exact) mass is 688 g/mol. The van der Waals surface area contributed by atoms with Gasteiger partial charge in [-0.25, -0.2) is 0 Å². The Labute approximate surface area is 315 Å².